The molecule has 0 aromatic carbocycles. The number of carbonyl (C=O) groups is 1. The van der Waals surface area contributed by atoms with Crippen LogP contribution in [0.2, 0.25) is 0 Å². The van der Waals surface area contributed by atoms with Crippen molar-refractivity contribution in [3.05, 3.63) is 47.4 Å². The molecule has 0 aliphatic carbocycles. The molecule has 102 valence electrons. The van der Waals surface area contributed by atoms with Crippen molar-refractivity contribution in [3.8, 4) is 5.88 Å². The zero-order chi connectivity index (χ0) is 13.9. The van der Waals surface area contributed by atoms with Crippen molar-refractivity contribution in [1.29, 1.82) is 0 Å². The van der Waals surface area contributed by atoms with Crippen molar-refractivity contribution < 1.29 is 9.53 Å². The summed E-state index contributed by atoms with van der Waals surface area (Å²) in [5.74, 6) is 0.299. The molecule has 0 atom stereocenters. The third-order valence-corrected chi connectivity index (χ3v) is 3.55. The Labute approximate surface area is 119 Å². The molecule has 6 nitrogen and oxygen atoms in total. The van der Waals surface area contributed by atoms with Gasteiger partial charge in [-0.3, -0.25) is 9.20 Å². The lowest BCUT2D eigenvalue weighted by molar-refractivity contribution is 0.0950. The summed E-state index contributed by atoms with van der Waals surface area (Å²) < 4.78 is 6.88. The van der Waals surface area contributed by atoms with Crippen molar-refractivity contribution in [2.24, 2.45) is 0 Å². The van der Waals surface area contributed by atoms with Crippen LogP contribution in [0.5, 0.6) is 5.88 Å². The Bertz CT molecular complexity index is 704. The van der Waals surface area contributed by atoms with E-state index in [4.69, 9.17) is 4.74 Å². The number of fused-ring (bicyclic) bond motifs is 1. The molecule has 0 bridgehead atoms. The normalized spacial score (nSPS) is 10.7. The second-order valence-corrected chi connectivity index (χ2v) is 4.97. The van der Waals surface area contributed by atoms with Gasteiger partial charge in [0.2, 0.25) is 5.88 Å². The number of thiazole rings is 1. The minimum atomic E-state index is -0.184. The highest BCUT2D eigenvalue weighted by atomic mass is 32.1. The predicted octanol–water partition coefficient (Wildman–Crippen LogP) is 1.73. The molecule has 20 heavy (non-hydrogen) atoms. The van der Waals surface area contributed by atoms with Gasteiger partial charge in [-0.2, -0.15) is 0 Å². The van der Waals surface area contributed by atoms with E-state index in [0.29, 0.717) is 18.0 Å². The molecule has 0 aliphatic heterocycles. The molecule has 0 saturated heterocycles. The molecule has 0 unspecified atom stereocenters. The Hall–Kier alpha value is -2.41. The smallest absolute Gasteiger partial charge is 0.253 e. The summed E-state index contributed by atoms with van der Waals surface area (Å²) in [6.07, 6.45) is 5.32. The standard InChI is InChI=1S/C13H12N4O2S/c1-19-11-3-2-9(6-14-11)12(18)15-7-10-8-17-4-5-20-13(17)16-10/h2-6,8H,7H2,1H3,(H,15,18). The van der Waals surface area contributed by atoms with Crippen LogP contribution in [0, 0.1) is 0 Å². The molecule has 7 heteroatoms. The Kier molecular flexibility index (Phi) is 3.34. The maximum atomic E-state index is 11.9. The average molecular weight is 288 g/mol. The SMILES string of the molecule is COc1ccc(C(=O)NCc2cn3ccsc3n2)cn1. The van der Waals surface area contributed by atoms with Crippen LogP contribution in [-0.2, 0) is 6.54 Å². The van der Waals surface area contributed by atoms with E-state index in [9.17, 15) is 4.79 Å². The number of imidazole rings is 1. The highest BCUT2D eigenvalue weighted by molar-refractivity contribution is 7.15. The highest BCUT2D eigenvalue weighted by Crippen LogP contribution is 2.11. The van der Waals surface area contributed by atoms with E-state index in [1.54, 1.807) is 23.5 Å². The molecule has 0 fully saturated rings. The predicted molar refractivity (Wildman–Crippen MR) is 75.0 cm³/mol. The number of amides is 1. The second-order valence-electron chi connectivity index (χ2n) is 4.10. The van der Waals surface area contributed by atoms with Crippen molar-refractivity contribution in [3.63, 3.8) is 0 Å². The number of hydrogen-bond acceptors (Lipinski definition) is 5. The van der Waals surface area contributed by atoms with E-state index >= 15 is 0 Å². The second kappa shape index (κ2) is 5.30. The highest BCUT2D eigenvalue weighted by Gasteiger charge is 2.08. The summed E-state index contributed by atoms with van der Waals surface area (Å²) in [6, 6.07) is 3.33. The van der Waals surface area contributed by atoms with Crippen LogP contribution in [-0.4, -0.2) is 27.4 Å². The Balaban J connectivity index is 1.64. The topological polar surface area (TPSA) is 68.5 Å². The van der Waals surface area contributed by atoms with Crippen molar-refractivity contribution >= 4 is 22.2 Å². The molecular formula is C13H12N4O2S. The molecule has 0 radical (unpaired) electrons. The van der Waals surface area contributed by atoms with Crippen LogP contribution >= 0.6 is 11.3 Å². The van der Waals surface area contributed by atoms with Crippen LogP contribution < -0.4 is 10.1 Å². The van der Waals surface area contributed by atoms with Gasteiger partial charge in [-0.15, -0.1) is 11.3 Å². The zero-order valence-electron chi connectivity index (χ0n) is 10.7. The maximum Gasteiger partial charge on any atom is 0.253 e. The first-order valence-electron chi connectivity index (χ1n) is 5.95. The number of hydrogen-bond donors (Lipinski definition) is 1. The Morgan fingerprint density at radius 2 is 2.40 bits per heavy atom. The minimum Gasteiger partial charge on any atom is -0.481 e. The summed E-state index contributed by atoms with van der Waals surface area (Å²) >= 11 is 1.56. The largest absolute Gasteiger partial charge is 0.481 e. The van der Waals surface area contributed by atoms with E-state index in [1.807, 2.05) is 22.2 Å². The third kappa shape index (κ3) is 2.48. The third-order valence-electron chi connectivity index (χ3n) is 2.78. The quantitative estimate of drug-likeness (QED) is 0.794. The number of rotatable bonds is 4. The summed E-state index contributed by atoms with van der Waals surface area (Å²) in [4.78, 5) is 21.3. The van der Waals surface area contributed by atoms with E-state index in [1.165, 1.54) is 13.3 Å². The van der Waals surface area contributed by atoms with Gasteiger partial charge >= 0.3 is 0 Å². The number of methoxy groups -OCH3 is 1. The van der Waals surface area contributed by atoms with Crippen LogP contribution in [0.1, 0.15) is 16.1 Å². The van der Waals surface area contributed by atoms with Crippen molar-refractivity contribution in [1.82, 2.24) is 19.7 Å². The van der Waals surface area contributed by atoms with Gasteiger partial charge in [0.05, 0.1) is 24.9 Å². The van der Waals surface area contributed by atoms with E-state index in [0.717, 1.165) is 10.7 Å². The number of carbonyl (C=O) groups excluding carboxylic acids is 1. The van der Waals surface area contributed by atoms with Gasteiger partial charge in [0.15, 0.2) is 4.96 Å². The van der Waals surface area contributed by atoms with Gasteiger partial charge in [0.25, 0.3) is 5.91 Å². The van der Waals surface area contributed by atoms with Crippen LogP contribution in [0.3, 0.4) is 0 Å². The first-order valence-corrected chi connectivity index (χ1v) is 6.83. The van der Waals surface area contributed by atoms with E-state index in [-0.39, 0.29) is 5.91 Å². The summed E-state index contributed by atoms with van der Waals surface area (Å²) in [6.45, 7) is 0.388. The van der Waals surface area contributed by atoms with E-state index < -0.39 is 0 Å². The van der Waals surface area contributed by atoms with Gasteiger partial charge in [-0.1, -0.05) is 0 Å². The fourth-order valence-corrected chi connectivity index (χ4v) is 2.49. The summed E-state index contributed by atoms with van der Waals surface area (Å²) in [7, 11) is 1.53. The molecule has 3 aromatic heterocycles. The lowest BCUT2D eigenvalue weighted by Gasteiger charge is -2.03. The lowest BCUT2D eigenvalue weighted by Crippen LogP contribution is -2.23. The lowest BCUT2D eigenvalue weighted by atomic mass is 10.2. The summed E-state index contributed by atoms with van der Waals surface area (Å²) in [5, 5.41) is 4.78. The fraction of sp³-hybridized carbons (Fsp3) is 0.154. The van der Waals surface area contributed by atoms with Gasteiger partial charge in [0, 0.05) is 30.0 Å². The van der Waals surface area contributed by atoms with Gasteiger partial charge in [0.1, 0.15) is 0 Å². The number of pyridine rings is 1. The van der Waals surface area contributed by atoms with Gasteiger partial charge in [-0.25, -0.2) is 9.97 Å². The molecular weight excluding hydrogens is 276 g/mol. The monoisotopic (exact) mass is 288 g/mol. The molecule has 3 heterocycles. The molecule has 0 spiro atoms. The minimum absolute atomic E-state index is 0.184. The van der Waals surface area contributed by atoms with Crippen LogP contribution in [0.15, 0.2) is 36.1 Å². The molecule has 0 aliphatic rings. The van der Waals surface area contributed by atoms with Crippen LogP contribution in [0.25, 0.3) is 4.96 Å². The summed E-state index contributed by atoms with van der Waals surface area (Å²) in [5.41, 5.74) is 1.32. The molecule has 3 rings (SSSR count). The number of ether oxygens (including phenoxy) is 1. The van der Waals surface area contributed by atoms with Gasteiger partial charge in [-0.05, 0) is 6.07 Å². The fourth-order valence-electron chi connectivity index (χ4n) is 1.77. The molecule has 1 amide bonds. The zero-order valence-corrected chi connectivity index (χ0v) is 11.6. The van der Waals surface area contributed by atoms with E-state index in [2.05, 4.69) is 15.3 Å². The maximum absolute atomic E-state index is 11.9. The molecule has 0 saturated carbocycles. The van der Waals surface area contributed by atoms with Crippen molar-refractivity contribution in [2.75, 3.05) is 7.11 Å². The van der Waals surface area contributed by atoms with Gasteiger partial charge < -0.3 is 10.1 Å². The first-order chi connectivity index (χ1) is 9.76. The van der Waals surface area contributed by atoms with Crippen molar-refractivity contribution in [2.45, 2.75) is 6.54 Å². The Morgan fingerprint density at radius 1 is 1.50 bits per heavy atom. The number of nitrogens with zero attached hydrogens (tertiary/aromatic N) is 3. The molecule has 3 aromatic rings. The molecule has 1 N–H and O–H groups in total. The van der Waals surface area contributed by atoms with Crippen LogP contribution in [0.4, 0.5) is 0 Å². The number of aromatic nitrogens is 3. The number of nitrogens with one attached hydrogen (secondary N) is 1. The first kappa shape index (κ1) is 12.6. The average Bonchev–Trinajstić information content (AvgIpc) is 3.06. The Morgan fingerprint density at radius 3 is 3.10 bits per heavy atom.